The van der Waals surface area contributed by atoms with Crippen LogP contribution in [0.2, 0.25) is 0 Å². The number of hydrazine groups is 1. The fourth-order valence-corrected chi connectivity index (χ4v) is 4.10. The second-order valence-corrected chi connectivity index (χ2v) is 7.66. The number of likely N-dealkylation sites (tertiary alicyclic amines) is 1. The van der Waals surface area contributed by atoms with Gasteiger partial charge in [-0.2, -0.15) is 0 Å². The Morgan fingerprint density at radius 3 is 3.00 bits per heavy atom. The molecule has 0 spiro atoms. The Kier molecular flexibility index (Phi) is 5.59. The number of amides is 2. The number of imidazole rings is 1. The number of rotatable bonds is 6. The highest BCUT2D eigenvalue weighted by molar-refractivity contribution is 5.82. The number of fused-ring (bicyclic) bond motifs is 1. The van der Waals surface area contributed by atoms with Gasteiger partial charge >= 0.3 is 0 Å². The minimum Gasteiger partial charge on any atom is -0.353 e. The van der Waals surface area contributed by atoms with Crippen LogP contribution in [-0.4, -0.2) is 58.0 Å². The van der Waals surface area contributed by atoms with Crippen molar-refractivity contribution in [1.29, 1.82) is 0 Å². The lowest BCUT2D eigenvalue weighted by molar-refractivity contribution is -0.133. The molecule has 150 valence electrons. The van der Waals surface area contributed by atoms with Crippen LogP contribution >= 0.6 is 0 Å². The minimum absolute atomic E-state index is 0.0216. The fraction of sp³-hybridized carbons (Fsp3) is 0.550. The molecule has 0 aliphatic carbocycles. The molecule has 8 heteroatoms. The van der Waals surface area contributed by atoms with Gasteiger partial charge in [0.05, 0.1) is 11.0 Å². The predicted octanol–water partition coefficient (Wildman–Crippen LogP) is 0.709. The molecule has 3 N–H and O–H groups in total. The van der Waals surface area contributed by atoms with Gasteiger partial charge in [-0.1, -0.05) is 12.1 Å². The molecule has 0 radical (unpaired) electrons. The van der Waals surface area contributed by atoms with Crippen molar-refractivity contribution >= 4 is 22.8 Å². The van der Waals surface area contributed by atoms with Gasteiger partial charge in [0.1, 0.15) is 11.9 Å². The molecule has 2 aliphatic rings. The summed E-state index contributed by atoms with van der Waals surface area (Å²) >= 11 is 0. The Balaban J connectivity index is 1.27. The van der Waals surface area contributed by atoms with Gasteiger partial charge in [0, 0.05) is 38.6 Å². The van der Waals surface area contributed by atoms with Crippen molar-refractivity contribution in [3.05, 3.63) is 30.1 Å². The molecule has 2 fully saturated rings. The van der Waals surface area contributed by atoms with E-state index in [1.807, 2.05) is 30.0 Å². The lowest BCUT2D eigenvalue weighted by Gasteiger charge is -2.26. The smallest absolute Gasteiger partial charge is 0.238 e. The van der Waals surface area contributed by atoms with Crippen LogP contribution in [0.1, 0.15) is 31.5 Å². The third-order valence-corrected chi connectivity index (χ3v) is 5.65. The van der Waals surface area contributed by atoms with Crippen LogP contribution in [-0.2, 0) is 16.1 Å². The summed E-state index contributed by atoms with van der Waals surface area (Å²) in [5.74, 6) is 1.15. The third-order valence-electron chi connectivity index (χ3n) is 5.65. The van der Waals surface area contributed by atoms with E-state index in [-0.39, 0.29) is 23.9 Å². The van der Waals surface area contributed by atoms with Gasteiger partial charge < -0.3 is 14.8 Å². The summed E-state index contributed by atoms with van der Waals surface area (Å²) < 4.78 is 2.19. The van der Waals surface area contributed by atoms with Gasteiger partial charge in [-0.15, -0.1) is 0 Å². The van der Waals surface area contributed by atoms with Crippen molar-refractivity contribution in [2.75, 3.05) is 19.6 Å². The van der Waals surface area contributed by atoms with Crippen molar-refractivity contribution in [2.24, 2.45) is 0 Å². The van der Waals surface area contributed by atoms with Gasteiger partial charge in [-0.05, 0) is 38.3 Å². The van der Waals surface area contributed by atoms with Crippen molar-refractivity contribution < 1.29 is 9.59 Å². The Morgan fingerprint density at radius 1 is 1.29 bits per heavy atom. The summed E-state index contributed by atoms with van der Waals surface area (Å²) in [5, 5.41) is 2.96. The molecule has 2 amide bonds. The van der Waals surface area contributed by atoms with Crippen LogP contribution in [0.15, 0.2) is 24.3 Å². The number of hydrogen-bond acceptors (Lipinski definition) is 5. The van der Waals surface area contributed by atoms with E-state index in [0.717, 1.165) is 42.8 Å². The SMILES string of the molecule is Cc1nc2ccccc2n1CC1CC(C(=O)NCCN2CCCCC2=O)NN1. The number of para-hydroxylation sites is 2. The number of nitrogens with one attached hydrogen (secondary N) is 3. The molecule has 1 aromatic heterocycles. The van der Waals surface area contributed by atoms with Gasteiger partial charge in [0.15, 0.2) is 0 Å². The van der Waals surface area contributed by atoms with E-state index in [2.05, 4.69) is 31.8 Å². The Bertz CT molecular complexity index is 863. The van der Waals surface area contributed by atoms with Gasteiger partial charge in [-0.25, -0.2) is 10.4 Å². The van der Waals surface area contributed by atoms with E-state index in [1.165, 1.54) is 0 Å². The molecule has 2 saturated heterocycles. The lowest BCUT2D eigenvalue weighted by Crippen LogP contribution is -2.46. The summed E-state index contributed by atoms with van der Waals surface area (Å²) in [5.41, 5.74) is 8.45. The number of hydrogen-bond donors (Lipinski definition) is 3. The molecular weight excluding hydrogens is 356 g/mol. The average molecular weight is 384 g/mol. The molecule has 28 heavy (non-hydrogen) atoms. The molecule has 2 unspecified atom stereocenters. The van der Waals surface area contributed by atoms with Crippen LogP contribution in [0.25, 0.3) is 11.0 Å². The van der Waals surface area contributed by atoms with E-state index in [4.69, 9.17) is 0 Å². The highest BCUT2D eigenvalue weighted by atomic mass is 16.2. The zero-order valence-electron chi connectivity index (χ0n) is 16.3. The molecule has 1 aromatic carbocycles. The van der Waals surface area contributed by atoms with E-state index < -0.39 is 0 Å². The van der Waals surface area contributed by atoms with Crippen LogP contribution in [0.3, 0.4) is 0 Å². The number of carbonyl (C=O) groups excluding carboxylic acids is 2. The molecule has 8 nitrogen and oxygen atoms in total. The first kappa shape index (κ1) is 18.9. The second kappa shape index (κ2) is 8.28. The first-order valence-electron chi connectivity index (χ1n) is 10.1. The summed E-state index contributed by atoms with van der Waals surface area (Å²) in [4.78, 5) is 30.7. The van der Waals surface area contributed by atoms with Gasteiger partial charge in [-0.3, -0.25) is 15.0 Å². The molecule has 2 aliphatic heterocycles. The van der Waals surface area contributed by atoms with Crippen molar-refractivity contribution in [3.63, 3.8) is 0 Å². The zero-order valence-corrected chi connectivity index (χ0v) is 16.3. The van der Waals surface area contributed by atoms with Gasteiger partial charge in [0.25, 0.3) is 0 Å². The first-order valence-corrected chi connectivity index (χ1v) is 10.1. The number of nitrogens with zero attached hydrogens (tertiary/aromatic N) is 3. The van der Waals surface area contributed by atoms with Crippen molar-refractivity contribution in [1.82, 2.24) is 30.6 Å². The average Bonchev–Trinajstić information content (AvgIpc) is 3.28. The summed E-state index contributed by atoms with van der Waals surface area (Å²) in [7, 11) is 0. The van der Waals surface area contributed by atoms with E-state index >= 15 is 0 Å². The topological polar surface area (TPSA) is 91.3 Å². The van der Waals surface area contributed by atoms with Crippen LogP contribution in [0.5, 0.6) is 0 Å². The lowest BCUT2D eigenvalue weighted by atomic mass is 10.1. The maximum Gasteiger partial charge on any atom is 0.238 e. The zero-order chi connectivity index (χ0) is 19.5. The molecule has 4 rings (SSSR count). The number of aryl methyl sites for hydroxylation is 1. The normalized spacial score (nSPS) is 22.8. The fourth-order valence-electron chi connectivity index (χ4n) is 4.10. The summed E-state index contributed by atoms with van der Waals surface area (Å²) in [6.45, 7) is 4.66. The number of piperidine rings is 1. The van der Waals surface area contributed by atoms with Gasteiger partial charge in [0.2, 0.25) is 11.8 Å². The van der Waals surface area contributed by atoms with E-state index in [0.29, 0.717) is 25.9 Å². The van der Waals surface area contributed by atoms with Crippen molar-refractivity contribution in [2.45, 2.75) is 51.2 Å². The molecule has 0 bridgehead atoms. The maximum atomic E-state index is 12.5. The molecule has 0 saturated carbocycles. The standard InChI is InChI=1S/C20H28N6O2/c1-14-22-16-6-2-3-7-18(16)26(14)13-15-12-17(24-23-15)20(28)21-9-11-25-10-5-4-8-19(25)27/h2-3,6-7,15,17,23-24H,4-5,8-13H2,1H3,(H,21,28). The highest BCUT2D eigenvalue weighted by Crippen LogP contribution is 2.18. The molecule has 3 heterocycles. The Morgan fingerprint density at radius 2 is 2.14 bits per heavy atom. The number of aromatic nitrogens is 2. The van der Waals surface area contributed by atoms with Crippen LogP contribution < -0.4 is 16.2 Å². The minimum atomic E-state index is -0.267. The third kappa shape index (κ3) is 4.02. The molecule has 2 atom stereocenters. The maximum absolute atomic E-state index is 12.5. The number of benzene rings is 1. The quantitative estimate of drug-likeness (QED) is 0.682. The molecular formula is C20H28N6O2. The number of carbonyl (C=O) groups is 2. The Labute approximate surface area is 164 Å². The van der Waals surface area contributed by atoms with E-state index in [9.17, 15) is 9.59 Å². The Hall–Kier alpha value is -2.45. The first-order chi connectivity index (χ1) is 13.6. The highest BCUT2D eigenvalue weighted by Gasteiger charge is 2.30. The largest absolute Gasteiger partial charge is 0.353 e. The monoisotopic (exact) mass is 384 g/mol. The molecule has 2 aromatic rings. The predicted molar refractivity (Wildman–Crippen MR) is 106 cm³/mol. The summed E-state index contributed by atoms with van der Waals surface area (Å²) in [6, 6.07) is 7.98. The van der Waals surface area contributed by atoms with E-state index in [1.54, 1.807) is 0 Å². The summed E-state index contributed by atoms with van der Waals surface area (Å²) in [6.07, 6.45) is 3.37. The second-order valence-electron chi connectivity index (χ2n) is 7.66. The van der Waals surface area contributed by atoms with Crippen LogP contribution in [0.4, 0.5) is 0 Å². The van der Waals surface area contributed by atoms with Crippen LogP contribution in [0, 0.1) is 6.92 Å². The van der Waals surface area contributed by atoms with Crippen molar-refractivity contribution in [3.8, 4) is 0 Å².